The third kappa shape index (κ3) is 3.21. The standard InChI is InChI=1S/C13H15N5O2/c14-7-9-1-3-10(4-2-9)8-16-12-6-5-11(18(19)20)13(15)17-12/h1-6H,7-8,14H2,(H3,15,16,17). The van der Waals surface area contributed by atoms with Crippen molar-refractivity contribution < 1.29 is 4.92 Å². The van der Waals surface area contributed by atoms with E-state index in [1.54, 1.807) is 0 Å². The van der Waals surface area contributed by atoms with Crippen molar-refractivity contribution in [2.24, 2.45) is 5.73 Å². The van der Waals surface area contributed by atoms with E-state index in [4.69, 9.17) is 11.5 Å². The van der Waals surface area contributed by atoms with E-state index in [0.717, 1.165) is 11.1 Å². The highest BCUT2D eigenvalue weighted by atomic mass is 16.6. The molecule has 0 saturated heterocycles. The van der Waals surface area contributed by atoms with Crippen LogP contribution < -0.4 is 16.8 Å². The quantitative estimate of drug-likeness (QED) is 0.562. The highest BCUT2D eigenvalue weighted by Gasteiger charge is 2.12. The minimum Gasteiger partial charge on any atom is -0.378 e. The molecule has 1 aromatic carbocycles. The van der Waals surface area contributed by atoms with Crippen molar-refractivity contribution in [1.29, 1.82) is 0 Å². The fourth-order valence-electron chi connectivity index (χ4n) is 1.71. The second kappa shape index (κ2) is 5.98. The predicted octanol–water partition coefficient (Wildman–Crippen LogP) is 1.64. The number of rotatable bonds is 5. The lowest BCUT2D eigenvalue weighted by molar-refractivity contribution is -0.384. The summed E-state index contributed by atoms with van der Waals surface area (Å²) in [7, 11) is 0. The van der Waals surface area contributed by atoms with E-state index < -0.39 is 4.92 Å². The summed E-state index contributed by atoms with van der Waals surface area (Å²) in [4.78, 5) is 14.0. The second-order valence-corrected chi connectivity index (χ2v) is 4.23. The molecule has 2 rings (SSSR count). The van der Waals surface area contributed by atoms with Gasteiger partial charge in [0.2, 0.25) is 5.82 Å². The molecule has 0 atom stereocenters. The first kappa shape index (κ1) is 13.8. The van der Waals surface area contributed by atoms with Crippen LogP contribution in [0.1, 0.15) is 11.1 Å². The Labute approximate surface area is 115 Å². The molecule has 1 aromatic heterocycles. The maximum atomic E-state index is 10.6. The summed E-state index contributed by atoms with van der Waals surface area (Å²) in [6.07, 6.45) is 0. The number of anilines is 2. The van der Waals surface area contributed by atoms with Crippen molar-refractivity contribution in [3.8, 4) is 0 Å². The van der Waals surface area contributed by atoms with Gasteiger partial charge in [0.15, 0.2) is 0 Å². The van der Waals surface area contributed by atoms with Crippen molar-refractivity contribution >= 4 is 17.3 Å². The van der Waals surface area contributed by atoms with Crippen LogP contribution >= 0.6 is 0 Å². The Kier molecular flexibility index (Phi) is 4.11. The van der Waals surface area contributed by atoms with E-state index >= 15 is 0 Å². The van der Waals surface area contributed by atoms with E-state index in [9.17, 15) is 10.1 Å². The fourth-order valence-corrected chi connectivity index (χ4v) is 1.71. The lowest BCUT2D eigenvalue weighted by Gasteiger charge is -2.07. The van der Waals surface area contributed by atoms with Crippen LogP contribution in [0.5, 0.6) is 0 Å². The average molecular weight is 273 g/mol. The minimum atomic E-state index is -0.558. The summed E-state index contributed by atoms with van der Waals surface area (Å²) >= 11 is 0. The van der Waals surface area contributed by atoms with Gasteiger partial charge in [-0.3, -0.25) is 10.1 Å². The number of nitro groups is 1. The van der Waals surface area contributed by atoms with Gasteiger partial charge >= 0.3 is 5.69 Å². The zero-order chi connectivity index (χ0) is 14.5. The van der Waals surface area contributed by atoms with Gasteiger partial charge in [0.1, 0.15) is 5.82 Å². The molecule has 1 heterocycles. The second-order valence-electron chi connectivity index (χ2n) is 4.23. The molecule has 0 aliphatic carbocycles. The lowest BCUT2D eigenvalue weighted by atomic mass is 10.1. The number of hydrogen-bond donors (Lipinski definition) is 3. The largest absolute Gasteiger partial charge is 0.378 e. The molecule has 104 valence electrons. The molecular formula is C13H15N5O2. The Morgan fingerprint density at radius 3 is 2.35 bits per heavy atom. The highest BCUT2D eigenvalue weighted by molar-refractivity contribution is 5.57. The molecule has 20 heavy (non-hydrogen) atoms. The van der Waals surface area contributed by atoms with Crippen molar-refractivity contribution in [2.75, 3.05) is 11.1 Å². The number of pyridine rings is 1. The smallest absolute Gasteiger partial charge is 0.311 e. The van der Waals surface area contributed by atoms with E-state index in [1.165, 1.54) is 12.1 Å². The molecular weight excluding hydrogens is 258 g/mol. The Morgan fingerprint density at radius 2 is 1.80 bits per heavy atom. The first-order chi connectivity index (χ1) is 9.60. The van der Waals surface area contributed by atoms with Gasteiger partial charge in [0, 0.05) is 19.2 Å². The number of hydrogen-bond acceptors (Lipinski definition) is 6. The van der Waals surface area contributed by atoms with Gasteiger partial charge in [-0.2, -0.15) is 0 Å². The maximum absolute atomic E-state index is 10.6. The fraction of sp³-hybridized carbons (Fsp3) is 0.154. The molecule has 0 unspecified atom stereocenters. The molecule has 2 aromatic rings. The number of aromatic nitrogens is 1. The van der Waals surface area contributed by atoms with Crippen LogP contribution in [0.25, 0.3) is 0 Å². The van der Waals surface area contributed by atoms with Crippen LogP contribution in [-0.4, -0.2) is 9.91 Å². The van der Waals surface area contributed by atoms with E-state index in [1.807, 2.05) is 24.3 Å². The number of nitrogens with one attached hydrogen (secondary N) is 1. The number of nitrogens with two attached hydrogens (primary N) is 2. The van der Waals surface area contributed by atoms with Crippen LogP contribution in [0.15, 0.2) is 36.4 Å². The molecule has 5 N–H and O–H groups in total. The Hall–Kier alpha value is -2.67. The van der Waals surface area contributed by atoms with Crippen LogP contribution in [0, 0.1) is 10.1 Å². The molecule has 0 aliphatic heterocycles. The number of benzene rings is 1. The van der Waals surface area contributed by atoms with Crippen LogP contribution in [0.4, 0.5) is 17.3 Å². The molecule has 7 heteroatoms. The Balaban J connectivity index is 2.03. The predicted molar refractivity (Wildman–Crippen MR) is 77.0 cm³/mol. The van der Waals surface area contributed by atoms with Crippen molar-refractivity contribution in [3.63, 3.8) is 0 Å². The summed E-state index contributed by atoms with van der Waals surface area (Å²) in [6.45, 7) is 1.06. The van der Waals surface area contributed by atoms with Crippen LogP contribution in [-0.2, 0) is 13.1 Å². The summed E-state index contributed by atoms with van der Waals surface area (Å²) < 4.78 is 0. The van der Waals surface area contributed by atoms with Gasteiger partial charge in [-0.05, 0) is 17.2 Å². The summed E-state index contributed by atoms with van der Waals surface area (Å²) in [5, 5.41) is 13.7. The van der Waals surface area contributed by atoms with Crippen molar-refractivity contribution in [1.82, 2.24) is 4.98 Å². The maximum Gasteiger partial charge on any atom is 0.311 e. The zero-order valence-electron chi connectivity index (χ0n) is 10.7. The summed E-state index contributed by atoms with van der Waals surface area (Å²) in [6, 6.07) is 10.7. The first-order valence-electron chi connectivity index (χ1n) is 6.03. The van der Waals surface area contributed by atoms with E-state index in [0.29, 0.717) is 18.9 Å². The van der Waals surface area contributed by atoms with Gasteiger partial charge in [-0.1, -0.05) is 24.3 Å². The molecule has 0 aliphatic rings. The molecule has 0 saturated carbocycles. The van der Waals surface area contributed by atoms with Crippen molar-refractivity contribution in [2.45, 2.75) is 13.1 Å². The van der Waals surface area contributed by atoms with Gasteiger partial charge in [0.05, 0.1) is 4.92 Å². The third-order valence-electron chi connectivity index (χ3n) is 2.83. The Morgan fingerprint density at radius 1 is 1.15 bits per heavy atom. The molecule has 0 fully saturated rings. The SMILES string of the molecule is NCc1ccc(CNc2ccc([N+](=O)[O-])c(N)n2)cc1. The highest BCUT2D eigenvalue weighted by Crippen LogP contribution is 2.21. The van der Waals surface area contributed by atoms with Gasteiger partial charge in [-0.25, -0.2) is 4.98 Å². The van der Waals surface area contributed by atoms with Gasteiger partial charge in [-0.15, -0.1) is 0 Å². The molecule has 7 nitrogen and oxygen atoms in total. The minimum absolute atomic E-state index is 0.0986. The average Bonchev–Trinajstić information content (AvgIpc) is 2.45. The van der Waals surface area contributed by atoms with E-state index in [-0.39, 0.29) is 11.5 Å². The van der Waals surface area contributed by atoms with E-state index in [2.05, 4.69) is 10.3 Å². The normalized spacial score (nSPS) is 10.2. The zero-order valence-corrected chi connectivity index (χ0v) is 10.7. The van der Waals surface area contributed by atoms with Crippen LogP contribution in [0.2, 0.25) is 0 Å². The number of nitrogens with zero attached hydrogens (tertiary/aromatic N) is 2. The molecule has 0 bridgehead atoms. The first-order valence-corrected chi connectivity index (χ1v) is 6.03. The van der Waals surface area contributed by atoms with Crippen molar-refractivity contribution in [3.05, 3.63) is 57.6 Å². The topological polar surface area (TPSA) is 120 Å². The lowest BCUT2D eigenvalue weighted by Crippen LogP contribution is -2.05. The number of nitrogen functional groups attached to an aromatic ring is 1. The van der Waals surface area contributed by atoms with Crippen LogP contribution in [0.3, 0.4) is 0 Å². The van der Waals surface area contributed by atoms with Gasteiger partial charge < -0.3 is 16.8 Å². The van der Waals surface area contributed by atoms with Gasteiger partial charge in [0.25, 0.3) is 0 Å². The third-order valence-corrected chi connectivity index (χ3v) is 2.83. The summed E-state index contributed by atoms with van der Waals surface area (Å²) in [5.41, 5.74) is 13.0. The Bertz CT molecular complexity index is 613. The molecule has 0 spiro atoms. The molecule has 0 amide bonds. The monoisotopic (exact) mass is 273 g/mol. The molecule has 0 radical (unpaired) electrons. The summed E-state index contributed by atoms with van der Waals surface area (Å²) in [5.74, 6) is 0.398.